The summed E-state index contributed by atoms with van der Waals surface area (Å²) in [6.07, 6.45) is 5.69. The molecule has 0 aromatic heterocycles. The molecule has 0 saturated carbocycles. The summed E-state index contributed by atoms with van der Waals surface area (Å²) in [6.45, 7) is 19.9. The van der Waals surface area contributed by atoms with Gasteiger partial charge in [-0.05, 0) is 82.8 Å². The molecule has 9 heteroatoms. The van der Waals surface area contributed by atoms with E-state index in [4.69, 9.17) is 4.79 Å². The van der Waals surface area contributed by atoms with Gasteiger partial charge in [-0.25, -0.2) is 4.79 Å². The molecule has 1 aromatic rings. The molecule has 2 atom stereocenters. The van der Waals surface area contributed by atoms with Crippen LogP contribution in [0.15, 0.2) is 24.3 Å². The Labute approximate surface area is 261 Å². The lowest BCUT2D eigenvalue weighted by Gasteiger charge is -2.21. The molecule has 4 amide bonds. The molecule has 0 bridgehead atoms. The lowest BCUT2D eigenvalue weighted by molar-refractivity contribution is -0.128. The second-order valence-corrected chi connectivity index (χ2v) is 11.7. The second kappa shape index (κ2) is 24.2. The Morgan fingerprint density at radius 1 is 0.884 bits per heavy atom. The number of fused-ring (bicyclic) bond motifs is 1. The van der Waals surface area contributed by atoms with Gasteiger partial charge in [0, 0.05) is 52.0 Å². The van der Waals surface area contributed by atoms with E-state index in [-0.39, 0.29) is 42.3 Å². The van der Waals surface area contributed by atoms with E-state index in [1.54, 1.807) is 18.9 Å². The van der Waals surface area contributed by atoms with Crippen LogP contribution in [0.25, 0.3) is 0 Å². The summed E-state index contributed by atoms with van der Waals surface area (Å²) in [7, 11) is 1.78. The van der Waals surface area contributed by atoms with Gasteiger partial charge in [-0.2, -0.15) is 0 Å². The van der Waals surface area contributed by atoms with Crippen LogP contribution in [0, 0.1) is 11.8 Å². The van der Waals surface area contributed by atoms with Crippen LogP contribution >= 0.6 is 0 Å². The van der Waals surface area contributed by atoms with Crippen LogP contribution in [0.4, 0.5) is 4.79 Å². The molecule has 1 aliphatic carbocycles. The molecule has 9 nitrogen and oxygen atoms in total. The molecule has 1 aromatic carbocycles. The van der Waals surface area contributed by atoms with Gasteiger partial charge in [0.1, 0.15) is 0 Å². The Balaban J connectivity index is 0. The first kappa shape index (κ1) is 41.9. The first-order valence-electron chi connectivity index (χ1n) is 15.8. The normalized spacial score (nSPS) is 13.0. The lowest BCUT2D eigenvalue weighted by Crippen LogP contribution is -2.46. The standard InChI is InChI=1S/C15H22N2O.C14H28N2O2.C3H4O2.C2H6/c1-10(2)16-15(18)17-11(3)14-8-12-6-4-5-7-13(12)9-14;1-11(2)10-12(3)15-14(18)8-6-7-9-16(5)13(4)17;1-3(5)2-4;1-2/h4-7,10-11,14H,8-9H2,1-3H3,(H2,16,17,18);11-12H,6-10H2,1-5H3,(H,15,18);2H,1H3;1-2H3. The van der Waals surface area contributed by atoms with E-state index in [1.807, 2.05) is 34.6 Å². The van der Waals surface area contributed by atoms with Crippen molar-refractivity contribution >= 4 is 29.9 Å². The van der Waals surface area contributed by atoms with Gasteiger partial charge in [0.05, 0.1) is 0 Å². The lowest BCUT2D eigenvalue weighted by atomic mass is 9.98. The van der Waals surface area contributed by atoms with Crippen molar-refractivity contribution in [2.24, 2.45) is 11.8 Å². The first-order valence-corrected chi connectivity index (χ1v) is 15.8. The first-order chi connectivity index (χ1) is 20.2. The Morgan fingerprint density at radius 3 is 1.81 bits per heavy atom. The van der Waals surface area contributed by atoms with E-state index in [0.717, 1.165) is 38.6 Å². The summed E-state index contributed by atoms with van der Waals surface area (Å²) in [5.41, 5.74) is 2.86. The molecule has 2 unspecified atom stereocenters. The van der Waals surface area contributed by atoms with Crippen molar-refractivity contribution in [1.82, 2.24) is 20.9 Å². The Bertz CT molecular complexity index is 939. The van der Waals surface area contributed by atoms with Gasteiger partial charge in [0.25, 0.3) is 0 Å². The average molecular weight is 605 g/mol. The van der Waals surface area contributed by atoms with Gasteiger partial charge < -0.3 is 20.9 Å². The fourth-order valence-electron chi connectivity index (χ4n) is 4.48. The number of rotatable bonds is 12. The number of urea groups is 1. The van der Waals surface area contributed by atoms with Gasteiger partial charge in [0.2, 0.25) is 11.8 Å². The van der Waals surface area contributed by atoms with Crippen LogP contribution in [0.2, 0.25) is 0 Å². The summed E-state index contributed by atoms with van der Waals surface area (Å²) >= 11 is 0. The minimum atomic E-state index is -0.426. The zero-order chi connectivity index (χ0) is 33.5. The van der Waals surface area contributed by atoms with Crippen LogP contribution in [-0.4, -0.2) is 66.5 Å². The van der Waals surface area contributed by atoms with E-state index in [2.05, 4.69) is 61.0 Å². The number of nitrogens with zero attached hydrogens (tertiary/aromatic N) is 1. The minimum absolute atomic E-state index is 0.0616. The van der Waals surface area contributed by atoms with Crippen LogP contribution in [0.1, 0.15) is 106 Å². The van der Waals surface area contributed by atoms with E-state index < -0.39 is 5.78 Å². The Morgan fingerprint density at radius 2 is 1.40 bits per heavy atom. The maximum absolute atomic E-state index is 11.7. The van der Waals surface area contributed by atoms with Crippen molar-refractivity contribution in [3.05, 3.63) is 35.4 Å². The quantitative estimate of drug-likeness (QED) is 0.165. The number of benzene rings is 1. The summed E-state index contributed by atoms with van der Waals surface area (Å²) in [5.74, 6) is 0.883. The molecule has 0 radical (unpaired) electrons. The van der Waals surface area contributed by atoms with Crippen molar-refractivity contribution in [2.45, 2.75) is 126 Å². The number of unbranched alkanes of at least 4 members (excludes halogenated alkanes) is 1. The number of carbonyl (C=O) groups excluding carboxylic acids is 5. The molecule has 0 fully saturated rings. The molecule has 0 aliphatic heterocycles. The van der Waals surface area contributed by atoms with Crippen LogP contribution in [0.5, 0.6) is 0 Å². The zero-order valence-corrected chi connectivity index (χ0v) is 28.7. The molecule has 246 valence electrons. The second-order valence-electron chi connectivity index (χ2n) is 11.7. The van der Waals surface area contributed by atoms with Gasteiger partial charge in [-0.1, -0.05) is 52.0 Å². The number of ketones is 1. The molecular weight excluding hydrogens is 544 g/mol. The highest BCUT2D eigenvalue weighted by Crippen LogP contribution is 2.28. The number of Topliss-reactive ketones (excluding diaryl/α,β-unsaturated/α-hetero) is 1. The summed E-state index contributed by atoms with van der Waals surface area (Å²) in [4.78, 5) is 54.5. The van der Waals surface area contributed by atoms with Gasteiger partial charge >= 0.3 is 6.03 Å². The number of carbonyl (C=O) groups is 5. The molecule has 0 saturated heterocycles. The maximum atomic E-state index is 11.7. The van der Waals surface area contributed by atoms with Crippen LogP contribution in [-0.2, 0) is 32.0 Å². The third kappa shape index (κ3) is 22.0. The predicted octanol–water partition coefficient (Wildman–Crippen LogP) is 5.48. The highest BCUT2D eigenvalue weighted by molar-refractivity contribution is 6.23. The molecule has 1 aliphatic rings. The number of hydrogen-bond acceptors (Lipinski definition) is 5. The van der Waals surface area contributed by atoms with E-state index in [1.165, 1.54) is 18.1 Å². The highest BCUT2D eigenvalue weighted by atomic mass is 16.2. The van der Waals surface area contributed by atoms with Gasteiger partial charge in [-0.3, -0.25) is 19.2 Å². The highest BCUT2D eigenvalue weighted by Gasteiger charge is 2.26. The van der Waals surface area contributed by atoms with Crippen molar-refractivity contribution in [1.29, 1.82) is 0 Å². The fraction of sp³-hybridized carbons (Fsp3) is 0.676. The Hall–Kier alpha value is -3.23. The smallest absolute Gasteiger partial charge is 0.315 e. The van der Waals surface area contributed by atoms with Gasteiger partial charge in [-0.15, -0.1) is 0 Å². The SMILES string of the molecule is CC.CC(=O)C=O.CC(=O)N(C)CCCCC(=O)NC(C)CC(C)C.CC(C)NC(=O)NC(C)C1Cc2ccccc2C1. The monoisotopic (exact) mass is 604 g/mol. The maximum Gasteiger partial charge on any atom is 0.315 e. The average Bonchev–Trinajstić information content (AvgIpc) is 3.36. The van der Waals surface area contributed by atoms with Gasteiger partial charge in [0.15, 0.2) is 12.1 Å². The number of hydrogen-bond donors (Lipinski definition) is 3. The number of nitrogens with one attached hydrogen (secondary N) is 3. The minimum Gasteiger partial charge on any atom is -0.354 e. The molecule has 0 heterocycles. The molecule has 0 spiro atoms. The van der Waals surface area contributed by atoms with E-state index in [9.17, 15) is 19.2 Å². The molecule has 43 heavy (non-hydrogen) atoms. The van der Waals surface area contributed by atoms with E-state index in [0.29, 0.717) is 18.3 Å². The molecule has 2 rings (SSSR count). The summed E-state index contributed by atoms with van der Waals surface area (Å²) in [6, 6.07) is 9.13. The fourth-order valence-corrected chi connectivity index (χ4v) is 4.48. The number of amides is 4. The summed E-state index contributed by atoms with van der Waals surface area (Å²) in [5, 5.41) is 8.91. The molecular formula is C34H60N4O5. The topological polar surface area (TPSA) is 125 Å². The number of aldehydes is 1. The Kier molecular flexibility index (Phi) is 23.6. The van der Waals surface area contributed by atoms with Crippen molar-refractivity contribution < 1.29 is 24.0 Å². The summed E-state index contributed by atoms with van der Waals surface area (Å²) < 4.78 is 0. The van der Waals surface area contributed by atoms with Crippen LogP contribution in [0.3, 0.4) is 0 Å². The third-order valence-electron chi connectivity index (χ3n) is 6.65. The molecule has 3 N–H and O–H groups in total. The van der Waals surface area contributed by atoms with E-state index >= 15 is 0 Å². The third-order valence-corrected chi connectivity index (χ3v) is 6.65. The van der Waals surface area contributed by atoms with Crippen molar-refractivity contribution in [3.8, 4) is 0 Å². The predicted molar refractivity (Wildman–Crippen MR) is 176 cm³/mol. The zero-order valence-electron chi connectivity index (χ0n) is 28.7. The van der Waals surface area contributed by atoms with Crippen molar-refractivity contribution in [3.63, 3.8) is 0 Å². The van der Waals surface area contributed by atoms with Crippen LogP contribution < -0.4 is 16.0 Å². The largest absolute Gasteiger partial charge is 0.354 e. The van der Waals surface area contributed by atoms with Crippen molar-refractivity contribution in [2.75, 3.05) is 13.6 Å².